The van der Waals surface area contributed by atoms with Crippen molar-refractivity contribution in [3.63, 3.8) is 0 Å². The molecule has 2 N–H and O–H groups in total. The minimum Gasteiger partial charge on any atom is -0.507 e. The number of hydrogen-bond donors (Lipinski definition) is 2. The van der Waals surface area contributed by atoms with Crippen molar-refractivity contribution in [1.82, 2.24) is 0 Å². The standard InChI is InChI=1S/C25H36O2/c1-10-19(17-11-15(2)22(26)20(13-17)24(4,5)6)18-12-16(3)23(27)21(14-18)25(7,8)9/h11-14,19,26-27H,10H2,1-9H3. The van der Waals surface area contributed by atoms with E-state index in [2.05, 4.69) is 72.7 Å². The summed E-state index contributed by atoms with van der Waals surface area (Å²) in [5, 5.41) is 21.2. The number of benzene rings is 2. The van der Waals surface area contributed by atoms with Crippen LogP contribution < -0.4 is 0 Å². The lowest BCUT2D eigenvalue weighted by Crippen LogP contribution is -2.15. The number of rotatable bonds is 3. The quantitative estimate of drug-likeness (QED) is 0.622. The molecule has 0 unspecified atom stereocenters. The van der Waals surface area contributed by atoms with Crippen molar-refractivity contribution >= 4 is 0 Å². The lowest BCUT2D eigenvalue weighted by Gasteiger charge is -2.27. The van der Waals surface area contributed by atoms with E-state index in [0.717, 1.165) is 28.7 Å². The van der Waals surface area contributed by atoms with E-state index in [9.17, 15) is 10.2 Å². The molecule has 0 saturated heterocycles. The van der Waals surface area contributed by atoms with Crippen LogP contribution in [-0.2, 0) is 10.8 Å². The first-order valence-corrected chi connectivity index (χ1v) is 9.95. The van der Waals surface area contributed by atoms with E-state index in [1.165, 1.54) is 11.1 Å². The van der Waals surface area contributed by atoms with Gasteiger partial charge in [0.05, 0.1) is 0 Å². The van der Waals surface area contributed by atoms with Gasteiger partial charge in [-0.15, -0.1) is 0 Å². The van der Waals surface area contributed by atoms with Crippen molar-refractivity contribution in [3.05, 3.63) is 57.6 Å². The van der Waals surface area contributed by atoms with Gasteiger partial charge in [0.1, 0.15) is 11.5 Å². The van der Waals surface area contributed by atoms with Crippen molar-refractivity contribution in [2.45, 2.75) is 85.5 Å². The highest BCUT2D eigenvalue weighted by atomic mass is 16.3. The monoisotopic (exact) mass is 368 g/mol. The highest BCUT2D eigenvalue weighted by molar-refractivity contribution is 5.52. The van der Waals surface area contributed by atoms with Gasteiger partial charge in [-0.1, -0.05) is 72.7 Å². The topological polar surface area (TPSA) is 40.5 Å². The van der Waals surface area contributed by atoms with Crippen LogP contribution in [0.5, 0.6) is 11.5 Å². The first-order chi connectivity index (χ1) is 12.3. The summed E-state index contributed by atoms with van der Waals surface area (Å²) >= 11 is 0. The Balaban J connectivity index is 2.69. The normalized spacial score (nSPS) is 12.7. The van der Waals surface area contributed by atoms with Crippen LogP contribution in [0.1, 0.15) is 94.2 Å². The Morgan fingerprint density at radius 3 is 1.30 bits per heavy atom. The van der Waals surface area contributed by atoms with Crippen LogP contribution in [0, 0.1) is 13.8 Å². The predicted molar refractivity (Wildman–Crippen MR) is 115 cm³/mol. The second kappa shape index (κ2) is 7.22. The summed E-state index contributed by atoms with van der Waals surface area (Å²) in [6.45, 7) is 18.9. The fraction of sp³-hybridized carbons (Fsp3) is 0.520. The third kappa shape index (κ3) is 4.31. The SMILES string of the molecule is CCC(c1cc(C)c(O)c(C(C)(C)C)c1)c1cc(C)c(O)c(C(C)(C)C)c1. The molecule has 2 nitrogen and oxygen atoms in total. The number of aryl methyl sites for hydroxylation is 2. The number of aromatic hydroxyl groups is 2. The third-order valence-electron chi connectivity index (χ3n) is 5.47. The summed E-state index contributed by atoms with van der Waals surface area (Å²) in [6, 6.07) is 8.54. The minimum absolute atomic E-state index is 0.120. The van der Waals surface area contributed by atoms with Gasteiger partial charge in [0.15, 0.2) is 0 Å². The highest BCUT2D eigenvalue weighted by Crippen LogP contribution is 2.41. The first-order valence-electron chi connectivity index (χ1n) is 9.95. The molecule has 2 aromatic rings. The zero-order valence-corrected chi connectivity index (χ0v) is 18.5. The number of phenols is 2. The van der Waals surface area contributed by atoms with E-state index in [-0.39, 0.29) is 16.7 Å². The van der Waals surface area contributed by atoms with Gasteiger partial charge < -0.3 is 10.2 Å². The molecule has 0 amide bonds. The fourth-order valence-electron chi connectivity index (χ4n) is 3.82. The van der Waals surface area contributed by atoms with E-state index < -0.39 is 0 Å². The van der Waals surface area contributed by atoms with Gasteiger partial charge in [-0.2, -0.15) is 0 Å². The van der Waals surface area contributed by atoms with E-state index in [1.54, 1.807) is 0 Å². The molecular weight excluding hydrogens is 332 g/mol. The van der Waals surface area contributed by atoms with E-state index in [0.29, 0.717) is 11.5 Å². The highest BCUT2D eigenvalue weighted by Gasteiger charge is 2.25. The second-order valence-corrected chi connectivity index (χ2v) is 9.93. The van der Waals surface area contributed by atoms with Crippen LogP contribution in [0.4, 0.5) is 0 Å². The van der Waals surface area contributed by atoms with Crippen molar-refractivity contribution in [2.75, 3.05) is 0 Å². The van der Waals surface area contributed by atoms with E-state index >= 15 is 0 Å². The fourth-order valence-corrected chi connectivity index (χ4v) is 3.82. The summed E-state index contributed by atoms with van der Waals surface area (Å²) in [6.07, 6.45) is 0.960. The van der Waals surface area contributed by atoms with E-state index in [4.69, 9.17) is 0 Å². The van der Waals surface area contributed by atoms with Crippen molar-refractivity contribution in [1.29, 1.82) is 0 Å². The summed E-state index contributed by atoms with van der Waals surface area (Å²) in [5.41, 5.74) is 6.02. The predicted octanol–water partition coefficient (Wildman–Crippen LogP) is 6.85. The Morgan fingerprint density at radius 2 is 1.04 bits per heavy atom. The zero-order chi connectivity index (χ0) is 20.7. The summed E-state index contributed by atoms with van der Waals surface area (Å²) < 4.78 is 0. The molecule has 0 aliphatic rings. The smallest absolute Gasteiger partial charge is 0.122 e. The van der Waals surface area contributed by atoms with Gasteiger partial charge in [0.25, 0.3) is 0 Å². The zero-order valence-electron chi connectivity index (χ0n) is 18.5. The average Bonchev–Trinajstić information content (AvgIpc) is 2.52. The Labute approximate surface area is 165 Å². The van der Waals surface area contributed by atoms with Crippen LogP contribution in [0.25, 0.3) is 0 Å². The maximum Gasteiger partial charge on any atom is 0.122 e. The molecule has 0 aliphatic heterocycles. The molecule has 0 saturated carbocycles. The Hall–Kier alpha value is -1.96. The van der Waals surface area contributed by atoms with Crippen molar-refractivity contribution in [2.24, 2.45) is 0 Å². The Kier molecular flexibility index (Phi) is 5.71. The largest absolute Gasteiger partial charge is 0.507 e. The van der Waals surface area contributed by atoms with Crippen LogP contribution in [0.15, 0.2) is 24.3 Å². The molecule has 0 radical (unpaired) electrons. The maximum atomic E-state index is 10.6. The van der Waals surface area contributed by atoms with Crippen molar-refractivity contribution in [3.8, 4) is 11.5 Å². The van der Waals surface area contributed by atoms with Gasteiger partial charge in [-0.25, -0.2) is 0 Å². The molecule has 2 rings (SSSR count). The lowest BCUT2D eigenvalue weighted by atomic mass is 9.78. The molecule has 0 aliphatic carbocycles. The minimum atomic E-state index is -0.120. The lowest BCUT2D eigenvalue weighted by molar-refractivity contribution is 0.441. The van der Waals surface area contributed by atoms with Gasteiger partial charge in [0.2, 0.25) is 0 Å². The summed E-state index contributed by atoms with van der Waals surface area (Å²) in [7, 11) is 0. The summed E-state index contributed by atoms with van der Waals surface area (Å²) in [4.78, 5) is 0. The Morgan fingerprint density at radius 1 is 0.704 bits per heavy atom. The second-order valence-electron chi connectivity index (χ2n) is 9.93. The first kappa shape index (κ1) is 21.3. The summed E-state index contributed by atoms with van der Waals surface area (Å²) in [5.74, 6) is 1.03. The molecule has 2 heteroatoms. The van der Waals surface area contributed by atoms with Crippen LogP contribution in [0.2, 0.25) is 0 Å². The van der Waals surface area contributed by atoms with Gasteiger partial charge in [-0.3, -0.25) is 0 Å². The average molecular weight is 369 g/mol. The molecule has 0 heterocycles. The Bertz CT molecular complexity index is 763. The van der Waals surface area contributed by atoms with Crippen LogP contribution in [-0.4, -0.2) is 10.2 Å². The van der Waals surface area contributed by atoms with Crippen LogP contribution >= 0.6 is 0 Å². The van der Waals surface area contributed by atoms with Crippen LogP contribution in [0.3, 0.4) is 0 Å². The van der Waals surface area contributed by atoms with Gasteiger partial charge in [-0.05, 0) is 64.5 Å². The van der Waals surface area contributed by atoms with Gasteiger partial charge in [0, 0.05) is 5.92 Å². The number of phenolic OH excluding ortho intramolecular Hbond substituents is 2. The molecule has 2 aromatic carbocycles. The molecule has 0 aromatic heterocycles. The number of hydrogen-bond acceptors (Lipinski definition) is 2. The molecule has 0 fully saturated rings. The molecule has 27 heavy (non-hydrogen) atoms. The molecule has 148 valence electrons. The molecule has 0 atom stereocenters. The maximum absolute atomic E-state index is 10.6. The third-order valence-corrected chi connectivity index (χ3v) is 5.47. The van der Waals surface area contributed by atoms with E-state index in [1.807, 2.05) is 13.8 Å². The van der Waals surface area contributed by atoms with Gasteiger partial charge >= 0.3 is 0 Å². The molecule has 0 bridgehead atoms. The molecular formula is C25H36O2. The van der Waals surface area contributed by atoms with Crippen molar-refractivity contribution < 1.29 is 10.2 Å². The molecule has 0 spiro atoms.